The molecule has 0 unspecified atom stereocenters. The van der Waals surface area contributed by atoms with Gasteiger partial charge in [-0.05, 0) is 44.2 Å². The average Bonchev–Trinajstić information content (AvgIpc) is 2.62. The summed E-state index contributed by atoms with van der Waals surface area (Å²) >= 11 is 0. The summed E-state index contributed by atoms with van der Waals surface area (Å²) in [6.45, 7) is 3.75. The van der Waals surface area contributed by atoms with E-state index in [2.05, 4.69) is 22.2 Å². The van der Waals surface area contributed by atoms with Crippen molar-refractivity contribution >= 4 is 5.82 Å². The number of aromatic nitrogens is 2. The molecule has 1 aliphatic heterocycles. The van der Waals surface area contributed by atoms with E-state index in [9.17, 15) is 9.18 Å². The first-order chi connectivity index (χ1) is 12.1. The zero-order valence-corrected chi connectivity index (χ0v) is 14.5. The van der Waals surface area contributed by atoms with Gasteiger partial charge in [0, 0.05) is 37.6 Å². The number of piperidine rings is 1. The molecule has 0 radical (unpaired) electrons. The Labute approximate surface area is 147 Å². The smallest absolute Gasteiger partial charge is 0.290 e. The average molecular weight is 344 g/mol. The molecule has 1 fully saturated rings. The van der Waals surface area contributed by atoms with Crippen molar-refractivity contribution in [2.45, 2.75) is 44.7 Å². The molecular weight excluding hydrogens is 319 g/mol. The van der Waals surface area contributed by atoms with Crippen molar-refractivity contribution < 1.29 is 4.39 Å². The van der Waals surface area contributed by atoms with Crippen molar-refractivity contribution in [2.24, 2.45) is 0 Å². The van der Waals surface area contributed by atoms with Gasteiger partial charge in [0.05, 0.1) is 0 Å². The van der Waals surface area contributed by atoms with Crippen LogP contribution in [0.2, 0.25) is 0 Å². The lowest BCUT2D eigenvalue weighted by atomic mass is 10.0. The van der Waals surface area contributed by atoms with Crippen LogP contribution >= 0.6 is 0 Å². The van der Waals surface area contributed by atoms with Crippen molar-refractivity contribution in [3.63, 3.8) is 0 Å². The standard InChI is InChI=1S/C19H25FN4O/c1-14(8-9-15-5-2-3-7-17(15)20)23-16-6-4-12-24(13-16)18-19(25)22-11-10-21-18/h2-3,5,7,10-11,14,16,23H,4,6,8-9,12-13H2,1H3,(H,22,25)/t14-,16+/m1/s1. The molecule has 5 nitrogen and oxygen atoms in total. The van der Waals surface area contributed by atoms with Crippen LogP contribution in [0.3, 0.4) is 0 Å². The number of hydrogen-bond donors (Lipinski definition) is 2. The largest absolute Gasteiger partial charge is 0.350 e. The molecule has 2 N–H and O–H groups in total. The number of nitrogens with zero attached hydrogens (tertiary/aromatic N) is 2. The first kappa shape index (κ1) is 17.6. The number of halogens is 1. The van der Waals surface area contributed by atoms with Gasteiger partial charge >= 0.3 is 0 Å². The van der Waals surface area contributed by atoms with E-state index >= 15 is 0 Å². The third-order valence-corrected chi connectivity index (χ3v) is 4.73. The Bertz CT molecular complexity index is 748. The van der Waals surface area contributed by atoms with Crippen LogP contribution in [0.5, 0.6) is 0 Å². The van der Waals surface area contributed by atoms with Crippen molar-refractivity contribution in [3.05, 3.63) is 58.4 Å². The highest BCUT2D eigenvalue weighted by molar-refractivity contribution is 5.36. The van der Waals surface area contributed by atoms with Crippen molar-refractivity contribution in [3.8, 4) is 0 Å². The Morgan fingerprint density at radius 1 is 1.44 bits per heavy atom. The molecule has 25 heavy (non-hydrogen) atoms. The van der Waals surface area contributed by atoms with Crippen LogP contribution in [-0.4, -0.2) is 35.1 Å². The van der Waals surface area contributed by atoms with Gasteiger partial charge in [0.2, 0.25) is 0 Å². The van der Waals surface area contributed by atoms with E-state index in [4.69, 9.17) is 0 Å². The molecular formula is C19H25FN4O. The molecule has 1 aliphatic rings. The van der Waals surface area contributed by atoms with E-state index in [1.165, 1.54) is 6.07 Å². The minimum Gasteiger partial charge on any atom is -0.350 e. The van der Waals surface area contributed by atoms with Gasteiger partial charge in [0.25, 0.3) is 5.56 Å². The summed E-state index contributed by atoms with van der Waals surface area (Å²) in [6.07, 6.45) is 6.86. The van der Waals surface area contributed by atoms with E-state index in [0.717, 1.165) is 44.3 Å². The van der Waals surface area contributed by atoms with Gasteiger partial charge in [-0.1, -0.05) is 18.2 Å². The van der Waals surface area contributed by atoms with Gasteiger partial charge in [0.15, 0.2) is 5.82 Å². The summed E-state index contributed by atoms with van der Waals surface area (Å²) < 4.78 is 13.7. The summed E-state index contributed by atoms with van der Waals surface area (Å²) in [5.74, 6) is 0.362. The predicted octanol–water partition coefficient (Wildman–Crippen LogP) is 2.49. The van der Waals surface area contributed by atoms with Crippen LogP contribution in [0.1, 0.15) is 31.7 Å². The second kappa shape index (κ2) is 8.25. The highest BCUT2D eigenvalue weighted by Crippen LogP contribution is 2.16. The lowest BCUT2D eigenvalue weighted by Crippen LogP contribution is -2.50. The molecule has 0 saturated carbocycles. The van der Waals surface area contributed by atoms with Crippen LogP contribution in [0.15, 0.2) is 41.5 Å². The fourth-order valence-corrected chi connectivity index (χ4v) is 3.43. The van der Waals surface area contributed by atoms with Gasteiger partial charge in [-0.3, -0.25) is 4.79 Å². The number of rotatable bonds is 6. The summed E-state index contributed by atoms with van der Waals surface area (Å²) in [4.78, 5) is 20.9. The van der Waals surface area contributed by atoms with Gasteiger partial charge < -0.3 is 15.2 Å². The lowest BCUT2D eigenvalue weighted by Gasteiger charge is -2.35. The fourth-order valence-electron chi connectivity index (χ4n) is 3.43. The minimum atomic E-state index is -0.143. The Kier molecular flexibility index (Phi) is 5.81. The third-order valence-electron chi connectivity index (χ3n) is 4.73. The Hall–Kier alpha value is -2.21. The van der Waals surface area contributed by atoms with E-state index in [1.54, 1.807) is 18.5 Å². The monoisotopic (exact) mass is 344 g/mol. The van der Waals surface area contributed by atoms with Crippen molar-refractivity contribution in [1.82, 2.24) is 15.3 Å². The topological polar surface area (TPSA) is 61.0 Å². The molecule has 0 spiro atoms. The number of H-pyrrole nitrogens is 1. The second-order valence-corrected chi connectivity index (χ2v) is 6.72. The predicted molar refractivity (Wildman–Crippen MR) is 97.4 cm³/mol. The SMILES string of the molecule is C[C@H](CCc1ccccc1F)N[C@H]1CCCN(c2ncc[nH]c2=O)C1. The molecule has 1 aromatic heterocycles. The molecule has 0 amide bonds. The van der Waals surface area contributed by atoms with E-state index in [-0.39, 0.29) is 17.4 Å². The first-order valence-corrected chi connectivity index (χ1v) is 8.91. The number of nitrogens with one attached hydrogen (secondary N) is 2. The lowest BCUT2D eigenvalue weighted by molar-refractivity contribution is 0.371. The van der Waals surface area contributed by atoms with Gasteiger partial charge in [-0.2, -0.15) is 0 Å². The van der Waals surface area contributed by atoms with E-state index in [0.29, 0.717) is 11.9 Å². The highest BCUT2D eigenvalue weighted by Gasteiger charge is 2.23. The first-order valence-electron chi connectivity index (χ1n) is 8.91. The molecule has 6 heteroatoms. The Morgan fingerprint density at radius 3 is 3.08 bits per heavy atom. The Balaban J connectivity index is 1.53. The molecule has 2 atom stereocenters. The van der Waals surface area contributed by atoms with Gasteiger partial charge in [-0.15, -0.1) is 0 Å². The fraction of sp³-hybridized carbons (Fsp3) is 0.474. The molecule has 134 valence electrons. The summed E-state index contributed by atoms with van der Waals surface area (Å²) in [5.41, 5.74) is 0.622. The van der Waals surface area contributed by atoms with Gasteiger partial charge in [-0.25, -0.2) is 9.37 Å². The molecule has 1 saturated heterocycles. The number of anilines is 1. The zero-order valence-electron chi connectivity index (χ0n) is 14.5. The van der Waals surface area contributed by atoms with Crippen molar-refractivity contribution in [2.75, 3.05) is 18.0 Å². The summed E-state index contributed by atoms with van der Waals surface area (Å²) in [5, 5.41) is 3.62. The molecule has 0 aliphatic carbocycles. The molecule has 2 heterocycles. The number of aryl methyl sites for hydroxylation is 1. The second-order valence-electron chi connectivity index (χ2n) is 6.72. The minimum absolute atomic E-state index is 0.132. The van der Waals surface area contributed by atoms with E-state index in [1.807, 2.05) is 17.0 Å². The zero-order chi connectivity index (χ0) is 17.6. The van der Waals surface area contributed by atoms with E-state index < -0.39 is 0 Å². The highest BCUT2D eigenvalue weighted by atomic mass is 19.1. The maximum Gasteiger partial charge on any atom is 0.290 e. The number of hydrogen-bond acceptors (Lipinski definition) is 4. The maximum atomic E-state index is 13.7. The summed E-state index contributed by atoms with van der Waals surface area (Å²) in [6, 6.07) is 7.54. The summed E-state index contributed by atoms with van der Waals surface area (Å²) in [7, 11) is 0. The van der Waals surface area contributed by atoms with Crippen LogP contribution < -0.4 is 15.8 Å². The molecule has 1 aromatic carbocycles. The van der Waals surface area contributed by atoms with Crippen molar-refractivity contribution in [1.29, 1.82) is 0 Å². The molecule has 3 rings (SSSR count). The molecule has 0 bridgehead atoms. The molecule has 2 aromatic rings. The maximum absolute atomic E-state index is 13.7. The quantitative estimate of drug-likeness (QED) is 0.845. The Morgan fingerprint density at radius 2 is 2.28 bits per heavy atom. The number of benzene rings is 1. The van der Waals surface area contributed by atoms with Crippen LogP contribution in [0, 0.1) is 5.82 Å². The van der Waals surface area contributed by atoms with Crippen LogP contribution in [-0.2, 0) is 6.42 Å². The van der Waals surface area contributed by atoms with Gasteiger partial charge in [0.1, 0.15) is 5.82 Å². The van der Waals surface area contributed by atoms with Crippen LogP contribution in [0.25, 0.3) is 0 Å². The number of aromatic amines is 1. The van der Waals surface area contributed by atoms with Crippen LogP contribution in [0.4, 0.5) is 10.2 Å². The third kappa shape index (κ3) is 4.66. The normalized spacial score (nSPS) is 19.0.